The number of hydrogen-bond acceptors (Lipinski definition) is 5. The van der Waals surface area contributed by atoms with Gasteiger partial charge in [-0.3, -0.25) is 0 Å². The van der Waals surface area contributed by atoms with E-state index in [2.05, 4.69) is 25.9 Å². The smallest absolute Gasteiger partial charge is 0.167 e. The maximum Gasteiger partial charge on any atom is 0.167 e. The summed E-state index contributed by atoms with van der Waals surface area (Å²) in [6.45, 7) is 0.245. The molecule has 0 radical (unpaired) electrons. The number of anilines is 1. The molecule has 0 spiro atoms. The average Bonchev–Trinajstić information content (AvgIpc) is 2.63. The molecule has 0 saturated carbocycles. The van der Waals surface area contributed by atoms with Crippen LogP contribution in [0.2, 0.25) is 0 Å². The van der Waals surface area contributed by atoms with Gasteiger partial charge in [0.1, 0.15) is 18.0 Å². The lowest BCUT2D eigenvalue weighted by Gasteiger charge is -2.24. The molecule has 136 valence electrons. The first-order valence-corrected chi connectivity index (χ1v) is 8.60. The number of halogens is 3. The van der Waals surface area contributed by atoms with Crippen LogP contribution < -0.4 is 9.64 Å². The van der Waals surface area contributed by atoms with Gasteiger partial charge < -0.3 is 14.7 Å². The molecule has 0 saturated heterocycles. The molecule has 26 heavy (non-hydrogen) atoms. The Kier molecular flexibility index (Phi) is 5.63. The van der Waals surface area contributed by atoms with Crippen LogP contribution in [0, 0.1) is 11.6 Å². The lowest BCUT2D eigenvalue weighted by Crippen LogP contribution is -2.27. The third kappa shape index (κ3) is 3.76. The van der Waals surface area contributed by atoms with Crippen LogP contribution in [0.15, 0.2) is 41.1 Å². The summed E-state index contributed by atoms with van der Waals surface area (Å²) >= 11 is 3.33. The Morgan fingerprint density at radius 1 is 1.15 bits per heavy atom. The minimum Gasteiger partial charge on any atom is -0.494 e. The van der Waals surface area contributed by atoms with Crippen molar-refractivity contribution < 1.29 is 18.6 Å². The molecule has 0 aliphatic rings. The summed E-state index contributed by atoms with van der Waals surface area (Å²) in [5.74, 6) is -0.373. The molecular formula is C18H16BrF2N3O2. The molecule has 2 aromatic carbocycles. The number of benzene rings is 2. The van der Waals surface area contributed by atoms with Gasteiger partial charge in [0.05, 0.1) is 19.2 Å². The van der Waals surface area contributed by atoms with Crippen LogP contribution in [0.1, 0.15) is 5.56 Å². The summed E-state index contributed by atoms with van der Waals surface area (Å²) in [4.78, 5) is 10.1. The standard InChI is InChI=1S/C18H16BrF2N3O2/c1-26-17-7-13-16(8-15(17)21)22-10-23-18(13)24(4-5-25)9-11-6-12(19)2-3-14(11)20/h2-3,6-8,10,25H,4-5,9H2,1H3. The maximum atomic E-state index is 14.2. The number of aliphatic hydroxyl groups is 1. The van der Waals surface area contributed by atoms with Crippen molar-refractivity contribution >= 4 is 32.7 Å². The average molecular weight is 424 g/mol. The molecule has 0 fully saturated rings. The van der Waals surface area contributed by atoms with Crippen LogP contribution in [-0.2, 0) is 6.54 Å². The van der Waals surface area contributed by atoms with E-state index in [9.17, 15) is 13.9 Å². The van der Waals surface area contributed by atoms with Gasteiger partial charge >= 0.3 is 0 Å². The van der Waals surface area contributed by atoms with Gasteiger partial charge in [-0.2, -0.15) is 0 Å². The fourth-order valence-electron chi connectivity index (χ4n) is 2.70. The first-order chi connectivity index (χ1) is 12.5. The van der Waals surface area contributed by atoms with Crippen LogP contribution in [-0.4, -0.2) is 35.3 Å². The van der Waals surface area contributed by atoms with Gasteiger partial charge in [-0.05, 0) is 24.3 Å². The van der Waals surface area contributed by atoms with Crippen molar-refractivity contribution in [2.75, 3.05) is 25.2 Å². The Morgan fingerprint density at radius 3 is 2.69 bits per heavy atom. The maximum absolute atomic E-state index is 14.2. The normalized spacial score (nSPS) is 11.0. The first kappa shape index (κ1) is 18.5. The van der Waals surface area contributed by atoms with Gasteiger partial charge in [0.2, 0.25) is 0 Å². The molecular weight excluding hydrogens is 408 g/mol. The molecule has 1 N–H and O–H groups in total. The zero-order chi connectivity index (χ0) is 18.7. The summed E-state index contributed by atoms with van der Waals surface area (Å²) in [6.07, 6.45) is 1.31. The number of nitrogens with zero attached hydrogens (tertiary/aromatic N) is 3. The Hall–Kier alpha value is -2.32. The van der Waals surface area contributed by atoms with E-state index in [-0.39, 0.29) is 31.3 Å². The molecule has 1 aromatic heterocycles. The fraction of sp³-hybridized carbons (Fsp3) is 0.222. The number of ether oxygens (including phenoxy) is 1. The molecule has 1 heterocycles. The number of hydrogen-bond donors (Lipinski definition) is 1. The van der Waals surface area contributed by atoms with E-state index in [0.29, 0.717) is 22.3 Å². The Labute approximate surface area is 157 Å². The molecule has 0 unspecified atom stereocenters. The first-order valence-electron chi connectivity index (χ1n) is 7.81. The number of methoxy groups -OCH3 is 1. The molecule has 0 bridgehead atoms. The summed E-state index contributed by atoms with van der Waals surface area (Å²) in [5, 5.41) is 9.99. The Morgan fingerprint density at radius 2 is 1.96 bits per heavy atom. The van der Waals surface area contributed by atoms with Gasteiger partial charge in [0.15, 0.2) is 11.6 Å². The van der Waals surface area contributed by atoms with Crippen molar-refractivity contribution in [3.05, 3.63) is 58.3 Å². The van der Waals surface area contributed by atoms with Crippen molar-refractivity contribution in [1.29, 1.82) is 0 Å². The highest BCUT2D eigenvalue weighted by molar-refractivity contribution is 9.10. The van der Waals surface area contributed by atoms with E-state index in [1.807, 2.05) is 0 Å². The monoisotopic (exact) mass is 423 g/mol. The zero-order valence-electron chi connectivity index (χ0n) is 13.9. The minimum atomic E-state index is -0.531. The largest absolute Gasteiger partial charge is 0.494 e. The SMILES string of the molecule is COc1cc2c(N(CCO)Cc3cc(Br)ccc3F)ncnc2cc1F. The van der Waals surface area contributed by atoms with E-state index in [0.717, 1.165) is 4.47 Å². The topological polar surface area (TPSA) is 58.5 Å². The fourth-order valence-corrected chi connectivity index (χ4v) is 3.11. The van der Waals surface area contributed by atoms with E-state index in [4.69, 9.17) is 4.74 Å². The lowest BCUT2D eigenvalue weighted by atomic mass is 10.1. The third-order valence-electron chi connectivity index (χ3n) is 3.93. The van der Waals surface area contributed by atoms with Crippen LogP contribution in [0.5, 0.6) is 5.75 Å². The van der Waals surface area contributed by atoms with E-state index < -0.39 is 5.82 Å². The van der Waals surface area contributed by atoms with E-state index in [1.165, 1.54) is 31.6 Å². The van der Waals surface area contributed by atoms with Crippen LogP contribution in [0.4, 0.5) is 14.6 Å². The Balaban J connectivity index is 2.09. The van der Waals surface area contributed by atoms with Crippen molar-refractivity contribution in [2.45, 2.75) is 6.54 Å². The van der Waals surface area contributed by atoms with E-state index >= 15 is 0 Å². The highest BCUT2D eigenvalue weighted by Crippen LogP contribution is 2.30. The summed E-state index contributed by atoms with van der Waals surface area (Å²) < 4.78 is 33.9. The molecule has 0 aliphatic carbocycles. The van der Waals surface area contributed by atoms with Crippen molar-refractivity contribution in [2.24, 2.45) is 0 Å². The second kappa shape index (κ2) is 7.92. The Bertz CT molecular complexity index is 940. The predicted octanol–water partition coefficient (Wildman–Crippen LogP) is 3.68. The second-order valence-corrected chi connectivity index (χ2v) is 6.50. The predicted molar refractivity (Wildman–Crippen MR) is 98.3 cm³/mol. The minimum absolute atomic E-state index is 0.0612. The molecule has 5 nitrogen and oxygen atoms in total. The highest BCUT2D eigenvalue weighted by atomic mass is 79.9. The number of fused-ring (bicyclic) bond motifs is 1. The van der Waals surface area contributed by atoms with Crippen LogP contribution in [0.25, 0.3) is 10.9 Å². The molecule has 0 aliphatic heterocycles. The lowest BCUT2D eigenvalue weighted by molar-refractivity contribution is 0.301. The number of aromatic nitrogens is 2. The number of aliphatic hydroxyl groups excluding tert-OH is 1. The summed E-state index contributed by atoms with van der Waals surface area (Å²) in [6, 6.07) is 7.41. The van der Waals surface area contributed by atoms with Gasteiger partial charge in [-0.1, -0.05) is 15.9 Å². The van der Waals surface area contributed by atoms with Crippen molar-refractivity contribution in [3.8, 4) is 5.75 Å². The van der Waals surface area contributed by atoms with Crippen molar-refractivity contribution in [3.63, 3.8) is 0 Å². The van der Waals surface area contributed by atoms with Crippen molar-refractivity contribution in [1.82, 2.24) is 9.97 Å². The molecule has 8 heteroatoms. The summed E-state index contributed by atoms with van der Waals surface area (Å²) in [7, 11) is 1.37. The van der Waals surface area contributed by atoms with E-state index in [1.54, 1.807) is 17.0 Å². The van der Waals surface area contributed by atoms with Crippen LogP contribution >= 0.6 is 15.9 Å². The highest BCUT2D eigenvalue weighted by Gasteiger charge is 2.17. The molecule has 0 amide bonds. The molecule has 0 atom stereocenters. The van der Waals surface area contributed by atoms with Gasteiger partial charge in [-0.25, -0.2) is 18.7 Å². The quantitative estimate of drug-likeness (QED) is 0.655. The van der Waals surface area contributed by atoms with Gasteiger partial charge in [0, 0.05) is 34.6 Å². The second-order valence-electron chi connectivity index (χ2n) is 5.58. The number of rotatable bonds is 6. The molecule has 3 rings (SSSR count). The van der Waals surface area contributed by atoms with Gasteiger partial charge in [-0.15, -0.1) is 0 Å². The van der Waals surface area contributed by atoms with Gasteiger partial charge in [0.25, 0.3) is 0 Å². The zero-order valence-corrected chi connectivity index (χ0v) is 15.5. The summed E-state index contributed by atoms with van der Waals surface area (Å²) in [5.41, 5.74) is 0.833. The van der Waals surface area contributed by atoms with Crippen LogP contribution in [0.3, 0.4) is 0 Å². The molecule has 3 aromatic rings. The third-order valence-corrected chi connectivity index (χ3v) is 4.42.